The number of allylic oxidation sites excluding steroid dienone is 1. The van der Waals surface area contributed by atoms with Crippen LogP contribution >= 0.6 is 0 Å². The lowest BCUT2D eigenvalue weighted by Crippen LogP contribution is -2.36. The van der Waals surface area contributed by atoms with Crippen molar-refractivity contribution in [1.29, 1.82) is 0 Å². The van der Waals surface area contributed by atoms with E-state index in [1.807, 2.05) is 19.1 Å². The summed E-state index contributed by atoms with van der Waals surface area (Å²) in [7, 11) is 0. The molecule has 1 atom stereocenters. The van der Waals surface area contributed by atoms with Crippen LogP contribution in [0, 0.1) is 0 Å². The average Bonchev–Trinajstić information content (AvgIpc) is 1.88. The van der Waals surface area contributed by atoms with Crippen molar-refractivity contribution in [3.8, 4) is 0 Å². The van der Waals surface area contributed by atoms with Crippen molar-refractivity contribution in [2.75, 3.05) is 6.54 Å². The van der Waals surface area contributed by atoms with Gasteiger partial charge in [0.05, 0.1) is 0 Å². The summed E-state index contributed by atoms with van der Waals surface area (Å²) >= 11 is 0. The highest BCUT2D eigenvalue weighted by Crippen LogP contribution is 2.03. The van der Waals surface area contributed by atoms with Gasteiger partial charge >= 0.3 is 0 Å². The van der Waals surface area contributed by atoms with Crippen molar-refractivity contribution in [2.45, 2.75) is 25.8 Å². The molecule has 0 aliphatic carbocycles. The third kappa shape index (κ3) is 1.95. The topological polar surface area (TPSA) is 29.1 Å². The van der Waals surface area contributed by atoms with Gasteiger partial charge in [0.25, 0.3) is 0 Å². The zero-order chi connectivity index (χ0) is 7.40. The fraction of sp³-hybridized carbons (Fsp3) is 0.625. The van der Waals surface area contributed by atoms with Gasteiger partial charge < -0.3 is 5.32 Å². The molecular weight excluding hydrogens is 126 g/mol. The van der Waals surface area contributed by atoms with Gasteiger partial charge in [0.2, 0.25) is 0 Å². The van der Waals surface area contributed by atoms with Crippen LogP contribution in [-0.2, 0) is 4.79 Å². The van der Waals surface area contributed by atoms with Crippen LogP contribution in [0.4, 0.5) is 0 Å². The second-order valence-corrected chi connectivity index (χ2v) is 2.58. The van der Waals surface area contributed by atoms with Gasteiger partial charge in [0.1, 0.15) is 5.78 Å². The van der Waals surface area contributed by atoms with E-state index in [1.165, 1.54) is 0 Å². The lowest BCUT2D eigenvalue weighted by molar-refractivity contribution is -0.120. The molecule has 0 aromatic rings. The fourth-order valence-electron chi connectivity index (χ4n) is 1.18. The first-order valence-electron chi connectivity index (χ1n) is 3.71. The van der Waals surface area contributed by atoms with E-state index in [1.54, 1.807) is 0 Å². The first kappa shape index (κ1) is 7.48. The van der Waals surface area contributed by atoms with Crippen molar-refractivity contribution in [3.63, 3.8) is 0 Å². The molecular formula is C8H13NO. The zero-order valence-electron chi connectivity index (χ0n) is 6.26. The molecule has 10 heavy (non-hydrogen) atoms. The summed E-state index contributed by atoms with van der Waals surface area (Å²) in [5, 5.41) is 3.24. The SMILES string of the molecule is CC=CC1CC(=O)CCN1. The van der Waals surface area contributed by atoms with Crippen LogP contribution in [-0.4, -0.2) is 18.4 Å². The van der Waals surface area contributed by atoms with Crippen LogP contribution in [0.3, 0.4) is 0 Å². The molecule has 0 aromatic carbocycles. The Balaban J connectivity index is 2.39. The van der Waals surface area contributed by atoms with E-state index < -0.39 is 0 Å². The molecule has 56 valence electrons. The molecule has 2 nitrogen and oxygen atoms in total. The molecule has 1 rings (SSSR count). The molecule has 1 fully saturated rings. The Morgan fingerprint density at radius 2 is 2.50 bits per heavy atom. The quantitative estimate of drug-likeness (QED) is 0.546. The van der Waals surface area contributed by atoms with Gasteiger partial charge in [-0.25, -0.2) is 0 Å². The third-order valence-electron chi connectivity index (χ3n) is 1.68. The van der Waals surface area contributed by atoms with Crippen molar-refractivity contribution in [3.05, 3.63) is 12.2 Å². The minimum absolute atomic E-state index is 0.297. The monoisotopic (exact) mass is 139 g/mol. The number of nitrogens with one attached hydrogen (secondary N) is 1. The molecule has 0 aromatic heterocycles. The van der Waals surface area contributed by atoms with Gasteiger partial charge in [-0.3, -0.25) is 4.79 Å². The Labute approximate surface area is 61.3 Å². The van der Waals surface area contributed by atoms with E-state index >= 15 is 0 Å². The van der Waals surface area contributed by atoms with Crippen molar-refractivity contribution >= 4 is 5.78 Å². The van der Waals surface area contributed by atoms with Crippen LogP contribution in [0.15, 0.2) is 12.2 Å². The average molecular weight is 139 g/mol. The summed E-state index contributed by atoms with van der Waals surface area (Å²) in [4.78, 5) is 10.9. The molecule has 1 aliphatic rings. The fourth-order valence-corrected chi connectivity index (χ4v) is 1.18. The Morgan fingerprint density at radius 1 is 1.70 bits per heavy atom. The largest absolute Gasteiger partial charge is 0.310 e. The summed E-state index contributed by atoms with van der Waals surface area (Å²) < 4.78 is 0. The summed E-state index contributed by atoms with van der Waals surface area (Å²) in [5.41, 5.74) is 0. The van der Waals surface area contributed by atoms with Crippen LogP contribution in [0.1, 0.15) is 19.8 Å². The smallest absolute Gasteiger partial charge is 0.136 e. The molecule has 2 heteroatoms. The minimum Gasteiger partial charge on any atom is -0.310 e. The van der Waals surface area contributed by atoms with Gasteiger partial charge in [0, 0.05) is 25.4 Å². The van der Waals surface area contributed by atoms with Gasteiger partial charge in [-0.2, -0.15) is 0 Å². The van der Waals surface area contributed by atoms with Crippen molar-refractivity contribution in [1.82, 2.24) is 5.32 Å². The highest BCUT2D eigenvalue weighted by atomic mass is 16.1. The lowest BCUT2D eigenvalue weighted by atomic mass is 10.0. The molecule has 1 aliphatic heterocycles. The van der Waals surface area contributed by atoms with Crippen molar-refractivity contribution in [2.24, 2.45) is 0 Å². The minimum atomic E-state index is 0.297. The normalized spacial score (nSPS) is 27.7. The zero-order valence-corrected chi connectivity index (χ0v) is 6.26. The number of hydrogen-bond acceptors (Lipinski definition) is 2. The summed E-state index contributed by atoms with van der Waals surface area (Å²) in [6.07, 6.45) is 5.39. The predicted octanol–water partition coefficient (Wildman–Crippen LogP) is 0.884. The Kier molecular flexibility index (Phi) is 2.63. The Morgan fingerprint density at radius 3 is 3.10 bits per heavy atom. The number of carbonyl (C=O) groups is 1. The summed E-state index contributed by atoms with van der Waals surface area (Å²) in [5.74, 6) is 0.377. The van der Waals surface area contributed by atoms with E-state index in [0.29, 0.717) is 24.7 Å². The van der Waals surface area contributed by atoms with E-state index in [2.05, 4.69) is 5.32 Å². The number of hydrogen-bond donors (Lipinski definition) is 1. The van der Waals surface area contributed by atoms with E-state index in [4.69, 9.17) is 0 Å². The molecule has 1 saturated heterocycles. The van der Waals surface area contributed by atoms with Crippen LogP contribution in [0.25, 0.3) is 0 Å². The first-order chi connectivity index (χ1) is 4.83. The van der Waals surface area contributed by atoms with Gasteiger partial charge in [-0.05, 0) is 6.92 Å². The maximum Gasteiger partial charge on any atom is 0.136 e. The molecule has 0 amide bonds. The van der Waals surface area contributed by atoms with E-state index in [9.17, 15) is 4.79 Å². The molecule has 0 bridgehead atoms. The maximum atomic E-state index is 10.9. The number of Topliss-reactive ketones (excluding diaryl/α,β-unsaturated/α-hetero) is 1. The second-order valence-electron chi connectivity index (χ2n) is 2.58. The van der Waals surface area contributed by atoms with E-state index in [-0.39, 0.29) is 0 Å². The third-order valence-corrected chi connectivity index (χ3v) is 1.68. The molecule has 0 saturated carbocycles. The molecule has 0 spiro atoms. The number of carbonyl (C=O) groups excluding carboxylic acids is 1. The number of rotatable bonds is 1. The predicted molar refractivity (Wildman–Crippen MR) is 40.8 cm³/mol. The van der Waals surface area contributed by atoms with Crippen LogP contribution in [0.5, 0.6) is 0 Å². The highest BCUT2D eigenvalue weighted by molar-refractivity contribution is 5.80. The molecule has 1 unspecified atom stereocenters. The number of ketones is 1. The molecule has 1 N–H and O–H groups in total. The van der Waals surface area contributed by atoms with Gasteiger partial charge in [-0.1, -0.05) is 12.2 Å². The Bertz CT molecular complexity index is 151. The molecule has 0 radical (unpaired) electrons. The summed E-state index contributed by atoms with van der Waals surface area (Å²) in [6.45, 7) is 2.81. The Hall–Kier alpha value is -0.630. The second kappa shape index (κ2) is 3.52. The lowest BCUT2D eigenvalue weighted by Gasteiger charge is -2.18. The van der Waals surface area contributed by atoms with Crippen LogP contribution in [0.2, 0.25) is 0 Å². The maximum absolute atomic E-state index is 10.9. The van der Waals surface area contributed by atoms with Crippen LogP contribution < -0.4 is 5.32 Å². The molecule has 1 heterocycles. The van der Waals surface area contributed by atoms with Gasteiger partial charge in [0.15, 0.2) is 0 Å². The number of piperidine rings is 1. The van der Waals surface area contributed by atoms with E-state index in [0.717, 1.165) is 6.54 Å². The first-order valence-corrected chi connectivity index (χ1v) is 3.71. The highest BCUT2D eigenvalue weighted by Gasteiger charge is 2.15. The summed E-state index contributed by atoms with van der Waals surface area (Å²) in [6, 6.07) is 0.297. The van der Waals surface area contributed by atoms with Crippen molar-refractivity contribution < 1.29 is 4.79 Å². The standard InChI is InChI=1S/C8H13NO/c1-2-3-7-6-8(10)4-5-9-7/h2-3,7,9H,4-6H2,1H3. The van der Waals surface area contributed by atoms with Gasteiger partial charge in [-0.15, -0.1) is 0 Å².